The molecule has 5 heteroatoms. The summed E-state index contributed by atoms with van der Waals surface area (Å²) in [5.74, 6) is 0.569. The number of phenolic OH excluding ortho intramolecular Hbond substituents is 1. The predicted molar refractivity (Wildman–Crippen MR) is 102 cm³/mol. The monoisotopic (exact) mass is 354 g/mol. The Kier molecular flexibility index (Phi) is 5.78. The molecule has 138 valence electrons. The van der Waals surface area contributed by atoms with Crippen molar-refractivity contribution in [2.24, 2.45) is 0 Å². The summed E-state index contributed by atoms with van der Waals surface area (Å²) in [5, 5.41) is 13.0. The number of methoxy groups -OCH3 is 1. The number of benzene rings is 2. The van der Waals surface area contributed by atoms with Crippen LogP contribution in [0.5, 0.6) is 11.5 Å². The summed E-state index contributed by atoms with van der Waals surface area (Å²) in [7, 11) is 1.66. The van der Waals surface area contributed by atoms with Crippen molar-refractivity contribution in [2.75, 3.05) is 26.7 Å². The molecule has 2 aromatic rings. The van der Waals surface area contributed by atoms with Gasteiger partial charge >= 0.3 is 0 Å². The van der Waals surface area contributed by atoms with Crippen LogP contribution in [0.3, 0.4) is 0 Å². The molecule has 1 heterocycles. The minimum atomic E-state index is -0.252. The second-order valence-electron chi connectivity index (χ2n) is 6.77. The quantitative estimate of drug-likeness (QED) is 0.836. The van der Waals surface area contributed by atoms with Crippen molar-refractivity contribution < 1.29 is 14.6 Å². The third-order valence-corrected chi connectivity index (χ3v) is 4.91. The van der Waals surface area contributed by atoms with Crippen LogP contribution in [-0.4, -0.2) is 42.7 Å². The van der Waals surface area contributed by atoms with Crippen LogP contribution >= 0.6 is 0 Å². The second kappa shape index (κ2) is 8.23. The number of likely N-dealkylation sites (tertiary alicyclic amines) is 1. The molecule has 1 atom stereocenters. The summed E-state index contributed by atoms with van der Waals surface area (Å²) in [5.41, 5.74) is 2.38. The van der Waals surface area contributed by atoms with Crippen LogP contribution in [0.1, 0.15) is 40.4 Å². The number of aromatic hydroxyl groups is 1. The number of hydrogen-bond donors (Lipinski definition) is 2. The van der Waals surface area contributed by atoms with Gasteiger partial charge < -0.3 is 15.2 Å². The van der Waals surface area contributed by atoms with E-state index in [1.54, 1.807) is 25.3 Å². The van der Waals surface area contributed by atoms with Gasteiger partial charge in [-0.1, -0.05) is 23.8 Å². The van der Waals surface area contributed by atoms with E-state index in [1.165, 1.54) is 12.8 Å². The number of phenols is 1. The fourth-order valence-corrected chi connectivity index (χ4v) is 3.48. The summed E-state index contributed by atoms with van der Waals surface area (Å²) >= 11 is 0. The van der Waals surface area contributed by atoms with Crippen molar-refractivity contribution in [1.29, 1.82) is 0 Å². The summed E-state index contributed by atoms with van der Waals surface area (Å²) < 4.78 is 5.35. The maximum absolute atomic E-state index is 12.6. The molecule has 0 aromatic heterocycles. The van der Waals surface area contributed by atoms with E-state index in [0.717, 1.165) is 30.0 Å². The number of nitrogens with zero attached hydrogens (tertiary/aromatic N) is 1. The number of ether oxygens (including phenoxy) is 1. The molecular weight excluding hydrogens is 328 g/mol. The highest BCUT2D eigenvalue weighted by molar-refractivity contribution is 5.97. The van der Waals surface area contributed by atoms with E-state index >= 15 is 0 Å². The Balaban J connectivity index is 1.77. The first-order valence-corrected chi connectivity index (χ1v) is 9.04. The van der Waals surface area contributed by atoms with Crippen molar-refractivity contribution >= 4 is 5.91 Å². The first kappa shape index (κ1) is 18.3. The summed E-state index contributed by atoms with van der Waals surface area (Å²) in [4.78, 5) is 15.0. The SMILES string of the molecule is COc1cccc(C(CNC(=O)c2cc(C)ccc2O)N2CCCC2)c1. The van der Waals surface area contributed by atoms with E-state index in [-0.39, 0.29) is 17.7 Å². The zero-order valence-corrected chi connectivity index (χ0v) is 15.4. The van der Waals surface area contributed by atoms with E-state index in [4.69, 9.17) is 4.74 Å². The van der Waals surface area contributed by atoms with Gasteiger partial charge in [-0.2, -0.15) is 0 Å². The number of rotatable bonds is 6. The van der Waals surface area contributed by atoms with Gasteiger partial charge in [0.1, 0.15) is 11.5 Å². The van der Waals surface area contributed by atoms with Gasteiger partial charge in [0.2, 0.25) is 0 Å². The van der Waals surface area contributed by atoms with Crippen LogP contribution in [0, 0.1) is 6.92 Å². The van der Waals surface area contributed by atoms with Crippen LogP contribution in [0.4, 0.5) is 0 Å². The van der Waals surface area contributed by atoms with Gasteiger partial charge in [0.25, 0.3) is 5.91 Å². The van der Waals surface area contributed by atoms with Gasteiger partial charge in [-0.05, 0) is 62.7 Å². The third kappa shape index (κ3) is 4.17. The lowest BCUT2D eigenvalue weighted by Gasteiger charge is -2.28. The Morgan fingerprint density at radius 2 is 2.00 bits per heavy atom. The van der Waals surface area contributed by atoms with Crippen molar-refractivity contribution in [3.63, 3.8) is 0 Å². The smallest absolute Gasteiger partial charge is 0.255 e. The number of amides is 1. The number of hydrogen-bond acceptors (Lipinski definition) is 4. The molecule has 1 aliphatic heterocycles. The van der Waals surface area contributed by atoms with E-state index in [1.807, 2.05) is 25.1 Å². The normalized spacial score (nSPS) is 15.6. The molecule has 1 fully saturated rings. The molecular formula is C21H26N2O3. The standard InChI is InChI=1S/C21H26N2O3/c1-15-8-9-20(24)18(12-15)21(25)22-14-19(23-10-3-4-11-23)16-6-5-7-17(13-16)26-2/h5-9,12-13,19,24H,3-4,10-11,14H2,1-2H3,(H,22,25). The molecule has 1 amide bonds. The largest absolute Gasteiger partial charge is 0.507 e. The first-order chi connectivity index (χ1) is 12.6. The summed E-state index contributed by atoms with van der Waals surface area (Å²) in [6, 6.07) is 13.1. The molecule has 0 saturated carbocycles. The van der Waals surface area contributed by atoms with Crippen LogP contribution in [0.15, 0.2) is 42.5 Å². The molecule has 0 bridgehead atoms. The fourth-order valence-electron chi connectivity index (χ4n) is 3.48. The van der Waals surface area contributed by atoms with Crippen LogP contribution in [0.2, 0.25) is 0 Å². The first-order valence-electron chi connectivity index (χ1n) is 9.04. The van der Waals surface area contributed by atoms with Crippen LogP contribution < -0.4 is 10.1 Å². The molecule has 1 unspecified atom stereocenters. The van der Waals surface area contributed by atoms with Crippen LogP contribution in [0.25, 0.3) is 0 Å². The number of carbonyl (C=O) groups excluding carboxylic acids is 1. The molecule has 2 aromatic carbocycles. The zero-order chi connectivity index (χ0) is 18.5. The predicted octanol–water partition coefficient (Wildman–Crippen LogP) is 3.28. The Bertz CT molecular complexity index is 770. The third-order valence-electron chi connectivity index (χ3n) is 4.91. The van der Waals surface area contributed by atoms with Gasteiger partial charge in [0, 0.05) is 6.54 Å². The van der Waals surface area contributed by atoms with Crippen molar-refractivity contribution in [1.82, 2.24) is 10.2 Å². The zero-order valence-electron chi connectivity index (χ0n) is 15.4. The second-order valence-corrected chi connectivity index (χ2v) is 6.77. The Hall–Kier alpha value is -2.53. The molecule has 0 aliphatic carbocycles. The lowest BCUT2D eigenvalue weighted by molar-refractivity contribution is 0.0935. The average molecular weight is 354 g/mol. The van der Waals surface area contributed by atoms with Gasteiger partial charge in [0.05, 0.1) is 18.7 Å². The van der Waals surface area contributed by atoms with E-state index in [0.29, 0.717) is 12.1 Å². The van der Waals surface area contributed by atoms with E-state index in [2.05, 4.69) is 16.3 Å². The number of aryl methyl sites for hydroxylation is 1. The highest BCUT2D eigenvalue weighted by Crippen LogP contribution is 2.27. The molecule has 1 aliphatic rings. The summed E-state index contributed by atoms with van der Waals surface area (Å²) in [6.07, 6.45) is 2.35. The van der Waals surface area contributed by atoms with E-state index < -0.39 is 0 Å². The molecule has 0 spiro atoms. The van der Waals surface area contributed by atoms with Crippen molar-refractivity contribution in [2.45, 2.75) is 25.8 Å². The molecule has 2 N–H and O–H groups in total. The van der Waals surface area contributed by atoms with Crippen molar-refractivity contribution in [3.05, 3.63) is 59.2 Å². The van der Waals surface area contributed by atoms with Gasteiger partial charge in [-0.3, -0.25) is 9.69 Å². The van der Waals surface area contributed by atoms with E-state index in [9.17, 15) is 9.90 Å². The Morgan fingerprint density at radius 1 is 1.23 bits per heavy atom. The maximum atomic E-state index is 12.6. The minimum Gasteiger partial charge on any atom is -0.507 e. The average Bonchev–Trinajstić information content (AvgIpc) is 3.18. The summed E-state index contributed by atoms with van der Waals surface area (Å²) in [6.45, 7) is 4.43. The highest BCUT2D eigenvalue weighted by Gasteiger charge is 2.25. The lowest BCUT2D eigenvalue weighted by Crippen LogP contribution is -2.36. The minimum absolute atomic E-state index is 0.00667. The van der Waals surface area contributed by atoms with Gasteiger partial charge in [-0.25, -0.2) is 0 Å². The topological polar surface area (TPSA) is 61.8 Å². The molecule has 5 nitrogen and oxygen atoms in total. The molecule has 3 rings (SSSR count). The van der Waals surface area contributed by atoms with Gasteiger partial charge in [0.15, 0.2) is 0 Å². The number of nitrogens with one attached hydrogen (secondary N) is 1. The highest BCUT2D eigenvalue weighted by atomic mass is 16.5. The molecule has 26 heavy (non-hydrogen) atoms. The number of carbonyl (C=O) groups is 1. The maximum Gasteiger partial charge on any atom is 0.255 e. The molecule has 0 radical (unpaired) electrons. The van der Waals surface area contributed by atoms with Gasteiger partial charge in [-0.15, -0.1) is 0 Å². The van der Waals surface area contributed by atoms with Crippen LogP contribution in [-0.2, 0) is 0 Å². The lowest BCUT2D eigenvalue weighted by atomic mass is 10.0. The van der Waals surface area contributed by atoms with Crippen molar-refractivity contribution in [3.8, 4) is 11.5 Å². The fraction of sp³-hybridized carbons (Fsp3) is 0.381. The Labute approximate surface area is 154 Å². The molecule has 1 saturated heterocycles. The Morgan fingerprint density at radius 3 is 2.73 bits per heavy atom.